The number of hydrogen-bond acceptors (Lipinski definition) is 5. The highest BCUT2D eigenvalue weighted by molar-refractivity contribution is 6.36. The second kappa shape index (κ2) is 7.23. The molecular formula is C16H17Cl2N5O. The van der Waals surface area contributed by atoms with Gasteiger partial charge in [0.2, 0.25) is 5.91 Å². The van der Waals surface area contributed by atoms with Gasteiger partial charge in [0.25, 0.3) is 0 Å². The highest BCUT2D eigenvalue weighted by Crippen LogP contribution is 2.28. The Labute approximate surface area is 150 Å². The largest absolute Gasteiger partial charge is 0.353 e. The molecule has 0 unspecified atom stereocenters. The van der Waals surface area contributed by atoms with Crippen LogP contribution in [0.25, 0.3) is 0 Å². The predicted octanol–water partition coefficient (Wildman–Crippen LogP) is 3.20. The Bertz CT molecular complexity index is 747. The average Bonchev–Trinajstić information content (AvgIpc) is 2.58. The van der Waals surface area contributed by atoms with E-state index in [1.807, 2.05) is 11.0 Å². The van der Waals surface area contributed by atoms with Gasteiger partial charge in [-0.15, -0.1) is 0 Å². The van der Waals surface area contributed by atoms with E-state index in [4.69, 9.17) is 23.2 Å². The zero-order chi connectivity index (χ0) is 17.1. The lowest BCUT2D eigenvalue weighted by Crippen LogP contribution is -2.48. The maximum atomic E-state index is 11.4. The molecule has 1 aromatic carbocycles. The molecule has 1 saturated heterocycles. The van der Waals surface area contributed by atoms with Crippen molar-refractivity contribution in [3.05, 3.63) is 40.6 Å². The molecule has 0 spiro atoms. The lowest BCUT2D eigenvalue weighted by Gasteiger charge is -2.34. The SMILES string of the molecule is CC(=O)N1CCN(c2cc(Nc3ccc(Cl)cc3Cl)ncn2)CC1. The number of carbonyl (C=O) groups is 1. The number of nitrogens with one attached hydrogen (secondary N) is 1. The first-order chi connectivity index (χ1) is 11.5. The van der Waals surface area contributed by atoms with Gasteiger partial charge in [-0.1, -0.05) is 23.2 Å². The topological polar surface area (TPSA) is 61.4 Å². The van der Waals surface area contributed by atoms with E-state index in [-0.39, 0.29) is 5.91 Å². The summed E-state index contributed by atoms with van der Waals surface area (Å²) in [6, 6.07) is 7.11. The van der Waals surface area contributed by atoms with Crippen LogP contribution in [0.4, 0.5) is 17.3 Å². The lowest BCUT2D eigenvalue weighted by atomic mass is 10.3. The standard InChI is InChI=1S/C16H17Cl2N5O/c1-11(24)22-4-6-23(7-5-22)16-9-15(19-10-20-16)21-14-3-2-12(17)8-13(14)18/h2-3,8-10H,4-7H2,1H3,(H,19,20,21). The quantitative estimate of drug-likeness (QED) is 0.904. The van der Waals surface area contributed by atoms with Crippen LogP contribution in [-0.2, 0) is 4.79 Å². The normalized spacial score (nSPS) is 14.6. The Morgan fingerprint density at radius 1 is 1.12 bits per heavy atom. The van der Waals surface area contributed by atoms with Crippen LogP contribution in [0.5, 0.6) is 0 Å². The van der Waals surface area contributed by atoms with Crippen molar-refractivity contribution in [3.8, 4) is 0 Å². The fraction of sp³-hybridized carbons (Fsp3) is 0.312. The minimum Gasteiger partial charge on any atom is -0.353 e. The Morgan fingerprint density at radius 2 is 1.88 bits per heavy atom. The molecule has 0 bridgehead atoms. The minimum atomic E-state index is 0.108. The van der Waals surface area contributed by atoms with Gasteiger partial charge in [-0.25, -0.2) is 9.97 Å². The third-order valence-corrected chi connectivity index (χ3v) is 4.44. The van der Waals surface area contributed by atoms with Crippen molar-refractivity contribution >= 4 is 46.4 Å². The van der Waals surface area contributed by atoms with E-state index in [0.29, 0.717) is 29.0 Å². The monoisotopic (exact) mass is 365 g/mol. The summed E-state index contributed by atoms with van der Waals surface area (Å²) in [7, 11) is 0. The van der Waals surface area contributed by atoms with Gasteiger partial charge in [-0.05, 0) is 18.2 Å². The second-order valence-corrected chi connectivity index (χ2v) is 6.35. The Hall–Kier alpha value is -2.05. The van der Waals surface area contributed by atoms with E-state index in [9.17, 15) is 4.79 Å². The minimum absolute atomic E-state index is 0.108. The molecule has 1 N–H and O–H groups in total. The van der Waals surface area contributed by atoms with E-state index < -0.39 is 0 Å². The second-order valence-electron chi connectivity index (χ2n) is 5.50. The molecule has 0 aliphatic carbocycles. The predicted molar refractivity (Wildman–Crippen MR) is 96.2 cm³/mol. The van der Waals surface area contributed by atoms with Crippen LogP contribution < -0.4 is 10.2 Å². The van der Waals surface area contributed by atoms with E-state index in [1.165, 1.54) is 6.33 Å². The number of benzene rings is 1. The van der Waals surface area contributed by atoms with Crippen molar-refractivity contribution in [3.63, 3.8) is 0 Å². The fourth-order valence-electron chi connectivity index (χ4n) is 2.57. The van der Waals surface area contributed by atoms with Gasteiger partial charge in [-0.2, -0.15) is 0 Å². The molecule has 0 atom stereocenters. The highest BCUT2D eigenvalue weighted by Gasteiger charge is 2.19. The molecule has 0 radical (unpaired) electrons. The van der Waals surface area contributed by atoms with Crippen molar-refractivity contribution in [2.24, 2.45) is 0 Å². The number of piperazine rings is 1. The smallest absolute Gasteiger partial charge is 0.219 e. The van der Waals surface area contributed by atoms with Crippen LogP contribution in [0.15, 0.2) is 30.6 Å². The van der Waals surface area contributed by atoms with Gasteiger partial charge in [0.05, 0.1) is 10.7 Å². The summed E-state index contributed by atoms with van der Waals surface area (Å²) in [4.78, 5) is 23.9. The molecule has 1 amide bonds. The summed E-state index contributed by atoms with van der Waals surface area (Å²) in [5, 5.41) is 4.28. The number of carbonyl (C=O) groups excluding carboxylic acids is 1. The third kappa shape index (κ3) is 3.88. The number of hydrogen-bond donors (Lipinski definition) is 1. The zero-order valence-electron chi connectivity index (χ0n) is 13.2. The van der Waals surface area contributed by atoms with Crippen molar-refractivity contribution in [2.75, 3.05) is 36.4 Å². The molecule has 2 aromatic rings. The Morgan fingerprint density at radius 3 is 2.54 bits per heavy atom. The Balaban J connectivity index is 1.71. The average molecular weight is 366 g/mol. The molecular weight excluding hydrogens is 349 g/mol. The van der Waals surface area contributed by atoms with Crippen LogP contribution in [0.2, 0.25) is 10.0 Å². The molecule has 126 valence electrons. The van der Waals surface area contributed by atoms with Crippen molar-refractivity contribution in [1.29, 1.82) is 0 Å². The van der Waals surface area contributed by atoms with Crippen molar-refractivity contribution in [2.45, 2.75) is 6.92 Å². The van der Waals surface area contributed by atoms with Gasteiger partial charge in [0, 0.05) is 44.2 Å². The van der Waals surface area contributed by atoms with Crippen LogP contribution in [0, 0.1) is 0 Å². The zero-order valence-corrected chi connectivity index (χ0v) is 14.7. The summed E-state index contributed by atoms with van der Waals surface area (Å²) in [6.45, 7) is 4.49. The first-order valence-corrected chi connectivity index (χ1v) is 8.33. The molecule has 3 rings (SSSR count). The number of nitrogens with zero attached hydrogens (tertiary/aromatic N) is 4. The van der Waals surface area contributed by atoms with Gasteiger partial charge in [-0.3, -0.25) is 4.79 Å². The highest BCUT2D eigenvalue weighted by atomic mass is 35.5. The van der Waals surface area contributed by atoms with E-state index in [1.54, 1.807) is 25.1 Å². The molecule has 6 nitrogen and oxygen atoms in total. The van der Waals surface area contributed by atoms with E-state index in [0.717, 1.165) is 24.6 Å². The van der Waals surface area contributed by atoms with Gasteiger partial charge in [0.15, 0.2) is 0 Å². The first-order valence-electron chi connectivity index (χ1n) is 7.57. The van der Waals surface area contributed by atoms with Gasteiger partial charge < -0.3 is 15.1 Å². The Kier molecular flexibility index (Phi) is 5.06. The molecule has 1 aliphatic heterocycles. The van der Waals surface area contributed by atoms with E-state index >= 15 is 0 Å². The molecule has 8 heteroatoms. The summed E-state index contributed by atoms with van der Waals surface area (Å²) >= 11 is 12.1. The molecule has 1 aliphatic rings. The summed E-state index contributed by atoms with van der Waals surface area (Å²) in [5.74, 6) is 1.58. The lowest BCUT2D eigenvalue weighted by molar-refractivity contribution is -0.129. The first kappa shape index (κ1) is 16.8. The van der Waals surface area contributed by atoms with Crippen LogP contribution >= 0.6 is 23.2 Å². The maximum absolute atomic E-state index is 11.4. The summed E-state index contributed by atoms with van der Waals surface area (Å²) in [5.41, 5.74) is 0.729. The molecule has 24 heavy (non-hydrogen) atoms. The third-order valence-electron chi connectivity index (χ3n) is 3.90. The van der Waals surface area contributed by atoms with Crippen LogP contribution in [-0.4, -0.2) is 47.0 Å². The van der Waals surface area contributed by atoms with Crippen molar-refractivity contribution in [1.82, 2.24) is 14.9 Å². The van der Waals surface area contributed by atoms with Crippen LogP contribution in [0.3, 0.4) is 0 Å². The number of anilines is 3. The number of rotatable bonds is 3. The fourth-order valence-corrected chi connectivity index (χ4v) is 3.02. The van der Waals surface area contributed by atoms with Gasteiger partial charge in [0.1, 0.15) is 18.0 Å². The maximum Gasteiger partial charge on any atom is 0.219 e. The molecule has 1 fully saturated rings. The molecule has 2 heterocycles. The van der Waals surface area contributed by atoms with Crippen molar-refractivity contribution < 1.29 is 4.79 Å². The number of halogens is 2. The number of amides is 1. The van der Waals surface area contributed by atoms with Gasteiger partial charge >= 0.3 is 0 Å². The van der Waals surface area contributed by atoms with E-state index in [2.05, 4.69) is 20.2 Å². The number of aromatic nitrogens is 2. The molecule has 0 saturated carbocycles. The summed E-state index contributed by atoms with van der Waals surface area (Å²) in [6.07, 6.45) is 1.51. The summed E-state index contributed by atoms with van der Waals surface area (Å²) < 4.78 is 0. The van der Waals surface area contributed by atoms with Crippen LogP contribution in [0.1, 0.15) is 6.92 Å². The molecule has 1 aromatic heterocycles.